The van der Waals surface area contributed by atoms with Crippen LogP contribution in [0.2, 0.25) is 0 Å². The Hall–Kier alpha value is -0.240. The molecule has 2 atom stereocenters. The van der Waals surface area contributed by atoms with Crippen molar-refractivity contribution in [1.82, 2.24) is 4.72 Å². The molecule has 0 radical (unpaired) electrons. The Morgan fingerprint density at radius 2 is 1.94 bits per heavy atom. The third kappa shape index (κ3) is 4.17. The molecule has 1 rings (SSSR count). The SMILES string of the molecule is CC(NS(=O)(=O)C(C)C(N)=S)C1CCOCC1. The third-order valence-corrected chi connectivity index (χ3v) is 5.58. The Morgan fingerprint density at radius 1 is 1.41 bits per heavy atom. The van der Waals surface area contributed by atoms with Crippen LogP contribution >= 0.6 is 12.2 Å². The van der Waals surface area contributed by atoms with E-state index in [9.17, 15) is 8.42 Å². The maximum absolute atomic E-state index is 11.9. The van der Waals surface area contributed by atoms with E-state index in [1.807, 2.05) is 6.92 Å². The number of ether oxygens (including phenoxy) is 1. The fourth-order valence-electron chi connectivity index (χ4n) is 1.83. The predicted molar refractivity (Wildman–Crippen MR) is 71.3 cm³/mol. The van der Waals surface area contributed by atoms with Crippen molar-refractivity contribution in [3.8, 4) is 0 Å². The van der Waals surface area contributed by atoms with Gasteiger partial charge in [-0.2, -0.15) is 0 Å². The van der Waals surface area contributed by atoms with Crippen molar-refractivity contribution >= 4 is 27.2 Å². The van der Waals surface area contributed by atoms with Crippen LogP contribution in [0.1, 0.15) is 26.7 Å². The zero-order chi connectivity index (χ0) is 13.1. The molecule has 2 unspecified atom stereocenters. The summed E-state index contributed by atoms with van der Waals surface area (Å²) in [5.74, 6) is 0.317. The highest BCUT2D eigenvalue weighted by atomic mass is 32.2. The first-order valence-electron chi connectivity index (χ1n) is 5.73. The fraction of sp³-hybridized carbons (Fsp3) is 0.900. The first kappa shape index (κ1) is 14.8. The van der Waals surface area contributed by atoms with Gasteiger partial charge in [0.15, 0.2) is 0 Å². The number of hydrogen-bond donors (Lipinski definition) is 2. The monoisotopic (exact) mass is 280 g/mol. The van der Waals surface area contributed by atoms with Crippen molar-refractivity contribution in [2.24, 2.45) is 11.7 Å². The lowest BCUT2D eigenvalue weighted by molar-refractivity contribution is 0.0585. The van der Waals surface area contributed by atoms with Gasteiger partial charge in [-0.1, -0.05) is 12.2 Å². The quantitative estimate of drug-likeness (QED) is 0.712. The van der Waals surface area contributed by atoms with E-state index in [1.54, 1.807) is 0 Å². The Kier molecular flexibility index (Phi) is 5.30. The van der Waals surface area contributed by atoms with Gasteiger partial charge in [0.05, 0.1) is 4.99 Å². The van der Waals surface area contributed by atoms with Crippen LogP contribution in [0.5, 0.6) is 0 Å². The summed E-state index contributed by atoms with van der Waals surface area (Å²) < 4.78 is 31.7. The minimum absolute atomic E-state index is 0.00308. The molecule has 1 fully saturated rings. The molecule has 1 heterocycles. The molecule has 0 aliphatic carbocycles. The topological polar surface area (TPSA) is 81.4 Å². The van der Waals surface area contributed by atoms with Crippen molar-refractivity contribution < 1.29 is 13.2 Å². The van der Waals surface area contributed by atoms with E-state index in [0.29, 0.717) is 19.1 Å². The van der Waals surface area contributed by atoms with Crippen LogP contribution in [-0.2, 0) is 14.8 Å². The smallest absolute Gasteiger partial charge is 0.220 e. The molecule has 1 aliphatic heterocycles. The molecule has 0 aromatic heterocycles. The molecule has 100 valence electrons. The standard InChI is InChI=1S/C10H20N2O3S2/c1-7(9-3-5-15-6-4-9)12-17(13,14)8(2)10(11)16/h7-9,12H,3-6H2,1-2H3,(H2,11,16). The summed E-state index contributed by atoms with van der Waals surface area (Å²) in [6, 6.07) is -0.110. The zero-order valence-corrected chi connectivity index (χ0v) is 11.8. The lowest BCUT2D eigenvalue weighted by Gasteiger charge is -2.29. The van der Waals surface area contributed by atoms with Crippen molar-refractivity contribution in [1.29, 1.82) is 0 Å². The summed E-state index contributed by atoms with van der Waals surface area (Å²) in [6.45, 7) is 4.77. The van der Waals surface area contributed by atoms with Crippen LogP contribution < -0.4 is 10.5 Å². The molecule has 17 heavy (non-hydrogen) atoms. The second-order valence-electron chi connectivity index (χ2n) is 4.45. The molecule has 3 N–H and O–H groups in total. The average molecular weight is 280 g/mol. The van der Waals surface area contributed by atoms with Crippen LogP contribution in [0.4, 0.5) is 0 Å². The number of thiocarbonyl (C=S) groups is 1. The first-order valence-corrected chi connectivity index (χ1v) is 7.68. The van der Waals surface area contributed by atoms with Crippen molar-refractivity contribution in [3.05, 3.63) is 0 Å². The Morgan fingerprint density at radius 3 is 2.41 bits per heavy atom. The van der Waals surface area contributed by atoms with E-state index in [1.165, 1.54) is 6.92 Å². The molecule has 7 heteroatoms. The largest absolute Gasteiger partial charge is 0.392 e. The van der Waals surface area contributed by atoms with Crippen LogP contribution in [-0.4, -0.2) is 37.9 Å². The molecular formula is C10H20N2O3S2. The summed E-state index contributed by atoms with van der Waals surface area (Å²) in [6.07, 6.45) is 1.76. The van der Waals surface area contributed by atoms with Gasteiger partial charge in [0, 0.05) is 19.3 Å². The van der Waals surface area contributed by atoms with Gasteiger partial charge < -0.3 is 10.5 Å². The Bertz CT molecular complexity index is 364. The average Bonchev–Trinajstić information content (AvgIpc) is 2.28. The lowest BCUT2D eigenvalue weighted by atomic mass is 9.94. The normalized spacial score (nSPS) is 22.0. The zero-order valence-electron chi connectivity index (χ0n) is 10.2. The van der Waals surface area contributed by atoms with Gasteiger partial charge in [-0.25, -0.2) is 13.1 Å². The predicted octanol–water partition coefficient (Wildman–Crippen LogP) is 0.396. The Balaban J connectivity index is 2.60. The molecule has 0 amide bonds. The number of nitrogens with one attached hydrogen (secondary N) is 1. The van der Waals surface area contributed by atoms with Crippen LogP contribution in [0.25, 0.3) is 0 Å². The minimum atomic E-state index is -3.47. The molecular weight excluding hydrogens is 260 g/mol. The van der Waals surface area contributed by atoms with Crippen LogP contribution in [0.3, 0.4) is 0 Å². The number of rotatable bonds is 5. The van der Waals surface area contributed by atoms with Gasteiger partial charge in [0.1, 0.15) is 5.25 Å². The van der Waals surface area contributed by atoms with E-state index < -0.39 is 15.3 Å². The molecule has 0 bridgehead atoms. The van der Waals surface area contributed by atoms with Gasteiger partial charge in [0.25, 0.3) is 0 Å². The van der Waals surface area contributed by atoms with E-state index in [0.717, 1.165) is 12.8 Å². The summed E-state index contributed by atoms with van der Waals surface area (Å²) >= 11 is 4.71. The molecule has 0 aromatic rings. The van der Waals surface area contributed by atoms with E-state index in [-0.39, 0.29) is 11.0 Å². The highest BCUT2D eigenvalue weighted by Crippen LogP contribution is 2.19. The van der Waals surface area contributed by atoms with Gasteiger partial charge in [-0.15, -0.1) is 0 Å². The second kappa shape index (κ2) is 6.08. The van der Waals surface area contributed by atoms with Crippen LogP contribution in [0, 0.1) is 5.92 Å². The highest BCUT2D eigenvalue weighted by molar-refractivity contribution is 7.93. The van der Waals surface area contributed by atoms with E-state index in [4.69, 9.17) is 22.7 Å². The second-order valence-corrected chi connectivity index (χ2v) is 6.95. The minimum Gasteiger partial charge on any atom is -0.392 e. The Labute approximate surface area is 108 Å². The number of hydrogen-bond acceptors (Lipinski definition) is 4. The van der Waals surface area contributed by atoms with Gasteiger partial charge in [0.2, 0.25) is 10.0 Å². The van der Waals surface area contributed by atoms with Gasteiger partial charge >= 0.3 is 0 Å². The molecule has 1 aliphatic rings. The molecule has 1 saturated heterocycles. The summed E-state index contributed by atoms with van der Waals surface area (Å²) in [7, 11) is -3.47. The number of sulfonamides is 1. The van der Waals surface area contributed by atoms with Crippen molar-refractivity contribution in [3.63, 3.8) is 0 Å². The molecule has 0 aromatic carbocycles. The van der Waals surface area contributed by atoms with Crippen LogP contribution in [0.15, 0.2) is 0 Å². The van der Waals surface area contributed by atoms with Crippen molar-refractivity contribution in [2.45, 2.75) is 38.0 Å². The maximum atomic E-state index is 11.9. The molecule has 0 saturated carbocycles. The van der Waals surface area contributed by atoms with Gasteiger partial charge in [-0.3, -0.25) is 0 Å². The fourth-order valence-corrected chi connectivity index (χ4v) is 3.43. The highest BCUT2D eigenvalue weighted by Gasteiger charge is 2.29. The molecule has 5 nitrogen and oxygen atoms in total. The summed E-state index contributed by atoms with van der Waals surface area (Å²) in [5, 5.41) is -0.834. The summed E-state index contributed by atoms with van der Waals surface area (Å²) in [5.41, 5.74) is 5.37. The van der Waals surface area contributed by atoms with E-state index in [2.05, 4.69) is 4.72 Å². The first-order chi connectivity index (χ1) is 7.84. The van der Waals surface area contributed by atoms with E-state index >= 15 is 0 Å². The number of nitrogens with two attached hydrogens (primary N) is 1. The van der Waals surface area contributed by atoms with Crippen molar-refractivity contribution in [2.75, 3.05) is 13.2 Å². The maximum Gasteiger partial charge on any atom is 0.220 e. The molecule has 0 spiro atoms. The lowest BCUT2D eigenvalue weighted by Crippen LogP contribution is -2.46. The van der Waals surface area contributed by atoms with Gasteiger partial charge in [-0.05, 0) is 32.6 Å². The third-order valence-electron chi connectivity index (χ3n) is 3.19. The summed E-state index contributed by atoms with van der Waals surface area (Å²) in [4.78, 5) is -0.00308.